The Bertz CT molecular complexity index is 629. The first-order valence-electron chi connectivity index (χ1n) is 7.52. The molecule has 3 rings (SSSR count). The van der Waals surface area contributed by atoms with Gasteiger partial charge < -0.3 is 10.2 Å². The first-order chi connectivity index (χ1) is 10.7. The van der Waals surface area contributed by atoms with Crippen LogP contribution in [0.4, 0.5) is 4.39 Å². The number of benzene rings is 2. The fourth-order valence-corrected chi connectivity index (χ4v) is 3.10. The zero-order chi connectivity index (χ0) is 15.5. The second-order valence-electron chi connectivity index (χ2n) is 5.86. The van der Waals surface area contributed by atoms with Crippen molar-refractivity contribution in [1.29, 1.82) is 0 Å². The Labute approximate surface area is 129 Å². The van der Waals surface area contributed by atoms with Gasteiger partial charge in [-0.05, 0) is 35.2 Å². The van der Waals surface area contributed by atoms with E-state index < -0.39 is 0 Å². The van der Waals surface area contributed by atoms with Crippen molar-refractivity contribution < 1.29 is 14.6 Å². The zero-order valence-electron chi connectivity index (χ0n) is 12.3. The molecule has 0 amide bonds. The molecule has 22 heavy (non-hydrogen) atoms. The van der Waals surface area contributed by atoms with Crippen molar-refractivity contribution >= 4 is 0 Å². The number of halogens is 1. The van der Waals surface area contributed by atoms with Crippen LogP contribution < -0.4 is 0 Å². The molecule has 2 aromatic rings. The molecule has 0 aromatic heterocycles. The van der Waals surface area contributed by atoms with E-state index in [1.807, 2.05) is 30.3 Å². The Hall–Kier alpha value is -1.75. The lowest BCUT2D eigenvalue weighted by Gasteiger charge is -2.24. The molecule has 0 aliphatic carbocycles. The van der Waals surface area contributed by atoms with Gasteiger partial charge in [-0.25, -0.2) is 4.39 Å². The Balaban J connectivity index is 1.78. The van der Waals surface area contributed by atoms with Crippen molar-refractivity contribution in [2.75, 3.05) is 6.54 Å². The quantitative estimate of drug-likeness (QED) is 0.912. The maximum atomic E-state index is 13.5. The molecule has 2 aromatic carbocycles. The predicted octanol–water partition coefficient (Wildman–Crippen LogP) is 2.63. The molecule has 1 fully saturated rings. The molecular formula is C18H20FNO2. The van der Waals surface area contributed by atoms with Gasteiger partial charge in [-0.15, -0.1) is 0 Å². The van der Waals surface area contributed by atoms with Crippen LogP contribution in [0, 0.1) is 5.82 Å². The van der Waals surface area contributed by atoms with Gasteiger partial charge in [0.1, 0.15) is 5.82 Å². The highest BCUT2D eigenvalue weighted by molar-refractivity contribution is 5.25. The van der Waals surface area contributed by atoms with Crippen LogP contribution >= 0.6 is 0 Å². The van der Waals surface area contributed by atoms with Crippen LogP contribution in [0.1, 0.15) is 29.2 Å². The summed E-state index contributed by atoms with van der Waals surface area (Å²) in [6.45, 7) is 1.32. The van der Waals surface area contributed by atoms with E-state index >= 15 is 0 Å². The maximum absolute atomic E-state index is 13.5. The maximum Gasteiger partial charge on any atom is 0.123 e. The van der Waals surface area contributed by atoms with E-state index in [-0.39, 0.29) is 24.6 Å². The van der Waals surface area contributed by atoms with Crippen molar-refractivity contribution in [3.63, 3.8) is 0 Å². The molecular weight excluding hydrogens is 281 g/mol. The highest BCUT2D eigenvalue weighted by Gasteiger charge is 2.32. The first kappa shape index (κ1) is 15.2. The highest BCUT2D eigenvalue weighted by Crippen LogP contribution is 2.33. The summed E-state index contributed by atoms with van der Waals surface area (Å²) >= 11 is 0. The van der Waals surface area contributed by atoms with Gasteiger partial charge in [-0.3, -0.25) is 4.90 Å². The molecule has 0 spiro atoms. The number of β-amino-alcohol motifs (C(OH)–C–C–N with tert-alkyl or cyclic N) is 1. The zero-order valence-corrected chi connectivity index (χ0v) is 12.3. The van der Waals surface area contributed by atoms with Crippen molar-refractivity contribution in [1.82, 2.24) is 4.90 Å². The summed E-state index contributed by atoms with van der Waals surface area (Å²) in [6, 6.07) is 14.4. The largest absolute Gasteiger partial charge is 0.392 e. The summed E-state index contributed by atoms with van der Waals surface area (Å²) in [5.41, 5.74) is 2.91. The molecule has 1 aliphatic heterocycles. The molecule has 3 nitrogen and oxygen atoms in total. The summed E-state index contributed by atoms with van der Waals surface area (Å²) in [4.78, 5) is 2.17. The van der Waals surface area contributed by atoms with Gasteiger partial charge in [0.05, 0.1) is 12.7 Å². The van der Waals surface area contributed by atoms with Crippen molar-refractivity contribution in [2.45, 2.75) is 31.7 Å². The van der Waals surface area contributed by atoms with Gasteiger partial charge >= 0.3 is 0 Å². The van der Waals surface area contributed by atoms with Crippen molar-refractivity contribution in [3.05, 3.63) is 71.0 Å². The average Bonchev–Trinajstić information content (AvgIpc) is 2.89. The lowest BCUT2D eigenvalue weighted by atomic mass is 10.0. The number of nitrogens with zero attached hydrogens (tertiary/aromatic N) is 1. The average molecular weight is 301 g/mol. The second-order valence-corrected chi connectivity index (χ2v) is 5.86. The topological polar surface area (TPSA) is 43.7 Å². The number of hydrogen-bond donors (Lipinski definition) is 2. The van der Waals surface area contributed by atoms with Gasteiger partial charge in [0, 0.05) is 19.1 Å². The SMILES string of the molecule is OCc1ccc(CN2C[C@@H](O)C[C@H]2c2cccc(F)c2)cc1. The van der Waals surface area contributed by atoms with Crippen LogP contribution in [-0.2, 0) is 13.2 Å². The minimum absolute atomic E-state index is 0.0308. The normalized spacial score (nSPS) is 22.1. The number of hydrogen-bond acceptors (Lipinski definition) is 3. The standard InChI is InChI=1S/C18H20FNO2/c19-16-3-1-2-15(8-16)18-9-17(22)11-20(18)10-13-4-6-14(12-21)7-5-13/h1-8,17-18,21-22H,9-12H2/t17-,18-/m0/s1. The summed E-state index contributed by atoms with van der Waals surface area (Å²) in [7, 11) is 0. The van der Waals surface area contributed by atoms with Crippen molar-refractivity contribution in [2.24, 2.45) is 0 Å². The van der Waals surface area contributed by atoms with Gasteiger partial charge in [0.15, 0.2) is 0 Å². The van der Waals surface area contributed by atoms with E-state index in [1.165, 1.54) is 6.07 Å². The van der Waals surface area contributed by atoms with E-state index in [9.17, 15) is 9.50 Å². The van der Waals surface area contributed by atoms with Crippen LogP contribution in [0.3, 0.4) is 0 Å². The molecule has 0 radical (unpaired) electrons. The van der Waals surface area contributed by atoms with Gasteiger partial charge in [0.25, 0.3) is 0 Å². The van der Waals surface area contributed by atoms with Crippen LogP contribution in [0.25, 0.3) is 0 Å². The summed E-state index contributed by atoms with van der Waals surface area (Å²) in [5, 5.41) is 19.1. The molecule has 4 heteroatoms. The molecule has 2 atom stereocenters. The molecule has 1 aliphatic rings. The number of likely N-dealkylation sites (tertiary alicyclic amines) is 1. The third kappa shape index (κ3) is 3.35. The fraction of sp³-hybridized carbons (Fsp3) is 0.333. The van der Waals surface area contributed by atoms with E-state index in [0.717, 1.165) is 16.7 Å². The molecule has 116 valence electrons. The molecule has 2 N–H and O–H groups in total. The van der Waals surface area contributed by atoms with Gasteiger partial charge in [-0.2, -0.15) is 0 Å². The van der Waals surface area contributed by atoms with Gasteiger partial charge in [0.2, 0.25) is 0 Å². The molecule has 0 bridgehead atoms. The number of rotatable bonds is 4. The summed E-state index contributed by atoms with van der Waals surface area (Å²) in [6.07, 6.45) is 0.239. The first-order valence-corrected chi connectivity index (χ1v) is 7.52. The lowest BCUT2D eigenvalue weighted by Crippen LogP contribution is -2.24. The smallest absolute Gasteiger partial charge is 0.123 e. The Morgan fingerprint density at radius 3 is 2.50 bits per heavy atom. The van der Waals surface area contributed by atoms with E-state index in [1.54, 1.807) is 12.1 Å². The Morgan fingerprint density at radius 2 is 1.82 bits per heavy atom. The highest BCUT2D eigenvalue weighted by atomic mass is 19.1. The third-order valence-corrected chi connectivity index (χ3v) is 4.21. The van der Waals surface area contributed by atoms with Gasteiger partial charge in [-0.1, -0.05) is 36.4 Å². The van der Waals surface area contributed by atoms with E-state index in [0.29, 0.717) is 19.5 Å². The molecule has 1 saturated heterocycles. The van der Waals surface area contributed by atoms with Crippen molar-refractivity contribution in [3.8, 4) is 0 Å². The molecule has 0 unspecified atom stereocenters. The molecule has 0 saturated carbocycles. The number of aliphatic hydroxyl groups is 2. The van der Waals surface area contributed by atoms with E-state index in [4.69, 9.17) is 5.11 Å². The van der Waals surface area contributed by atoms with Crippen LogP contribution in [0.2, 0.25) is 0 Å². The van der Waals surface area contributed by atoms with E-state index in [2.05, 4.69) is 4.90 Å². The monoisotopic (exact) mass is 301 g/mol. The minimum Gasteiger partial charge on any atom is -0.392 e. The van der Waals surface area contributed by atoms with Crippen LogP contribution in [-0.4, -0.2) is 27.8 Å². The summed E-state index contributed by atoms with van der Waals surface area (Å²) in [5.74, 6) is -0.244. The molecule has 1 heterocycles. The Morgan fingerprint density at radius 1 is 1.09 bits per heavy atom. The third-order valence-electron chi connectivity index (χ3n) is 4.21. The lowest BCUT2D eigenvalue weighted by molar-refractivity contribution is 0.172. The predicted molar refractivity (Wildman–Crippen MR) is 82.5 cm³/mol. The van der Waals surface area contributed by atoms with Crippen LogP contribution in [0.5, 0.6) is 0 Å². The second kappa shape index (κ2) is 6.57. The minimum atomic E-state index is -0.384. The Kier molecular flexibility index (Phi) is 4.52. The fourth-order valence-electron chi connectivity index (χ4n) is 3.10. The van der Waals surface area contributed by atoms with Crippen LogP contribution in [0.15, 0.2) is 48.5 Å². The summed E-state index contributed by atoms with van der Waals surface area (Å²) < 4.78 is 13.5. The number of aliphatic hydroxyl groups excluding tert-OH is 2.